The average molecular weight is 289 g/mol. The first-order chi connectivity index (χ1) is 9.83. The van der Waals surface area contributed by atoms with Gasteiger partial charge in [0.1, 0.15) is 0 Å². The number of rotatable bonds is 5. The molecular formula is C14H15N3O2S. The van der Waals surface area contributed by atoms with E-state index in [1.807, 2.05) is 40.2 Å². The summed E-state index contributed by atoms with van der Waals surface area (Å²) in [5.74, 6) is 1.92. The highest BCUT2D eigenvalue weighted by atomic mass is 32.1. The van der Waals surface area contributed by atoms with Crippen LogP contribution < -0.4 is 15.2 Å². The third-order valence-corrected chi connectivity index (χ3v) is 3.74. The molecule has 0 aliphatic rings. The van der Waals surface area contributed by atoms with E-state index >= 15 is 0 Å². The SMILES string of the molecule is COc1ccccc1Oc1nc2sccn2c1CCN. The standard InChI is InChI=1S/C14H15N3O2S/c1-18-11-4-2-3-5-12(11)19-13-10(6-7-15)17-8-9-20-14(17)16-13/h2-5,8-9H,6-7,15H2,1H3. The molecule has 0 radical (unpaired) electrons. The van der Waals surface area contributed by atoms with Crippen molar-refractivity contribution >= 4 is 16.3 Å². The second-order valence-electron chi connectivity index (χ2n) is 4.21. The zero-order chi connectivity index (χ0) is 13.9. The lowest BCUT2D eigenvalue weighted by atomic mass is 10.3. The second kappa shape index (κ2) is 5.52. The van der Waals surface area contributed by atoms with Gasteiger partial charge in [0.2, 0.25) is 5.88 Å². The van der Waals surface area contributed by atoms with Gasteiger partial charge >= 0.3 is 0 Å². The number of nitrogens with zero attached hydrogens (tertiary/aromatic N) is 2. The summed E-state index contributed by atoms with van der Waals surface area (Å²) in [6.07, 6.45) is 2.69. The van der Waals surface area contributed by atoms with Crippen LogP contribution >= 0.6 is 11.3 Å². The molecule has 0 atom stereocenters. The van der Waals surface area contributed by atoms with Gasteiger partial charge in [-0.2, -0.15) is 4.98 Å². The molecule has 0 saturated carbocycles. The zero-order valence-electron chi connectivity index (χ0n) is 11.1. The lowest BCUT2D eigenvalue weighted by molar-refractivity contribution is 0.373. The number of methoxy groups -OCH3 is 1. The molecule has 2 heterocycles. The van der Waals surface area contributed by atoms with Gasteiger partial charge < -0.3 is 15.2 Å². The molecule has 2 aromatic heterocycles. The molecule has 0 saturated heterocycles. The summed E-state index contributed by atoms with van der Waals surface area (Å²) in [5.41, 5.74) is 6.66. The number of para-hydroxylation sites is 2. The van der Waals surface area contributed by atoms with E-state index in [0.29, 0.717) is 30.3 Å². The Morgan fingerprint density at radius 1 is 1.30 bits per heavy atom. The summed E-state index contributed by atoms with van der Waals surface area (Å²) in [6.45, 7) is 0.548. The van der Waals surface area contributed by atoms with Crippen molar-refractivity contribution < 1.29 is 9.47 Å². The largest absolute Gasteiger partial charge is 0.493 e. The van der Waals surface area contributed by atoms with Crippen molar-refractivity contribution in [2.24, 2.45) is 5.73 Å². The minimum absolute atomic E-state index is 0.548. The summed E-state index contributed by atoms with van der Waals surface area (Å²) >= 11 is 1.57. The molecule has 5 nitrogen and oxygen atoms in total. The van der Waals surface area contributed by atoms with Gasteiger partial charge in [0.15, 0.2) is 16.5 Å². The molecule has 0 spiro atoms. The number of aromatic nitrogens is 2. The first-order valence-corrected chi connectivity index (χ1v) is 7.17. The van der Waals surface area contributed by atoms with Gasteiger partial charge in [0, 0.05) is 18.0 Å². The predicted molar refractivity (Wildman–Crippen MR) is 78.9 cm³/mol. The number of thiazole rings is 1. The molecule has 0 aliphatic carbocycles. The smallest absolute Gasteiger partial charge is 0.242 e. The van der Waals surface area contributed by atoms with Crippen molar-refractivity contribution in [2.75, 3.05) is 13.7 Å². The molecule has 0 amide bonds. The third kappa shape index (κ3) is 2.23. The number of imidazole rings is 1. The predicted octanol–water partition coefficient (Wildman–Crippen LogP) is 2.70. The third-order valence-electron chi connectivity index (χ3n) is 2.98. The lowest BCUT2D eigenvalue weighted by Crippen LogP contribution is -2.05. The Hall–Kier alpha value is -2.05. The van der Waals surface area contributed by atoms with E-state index in [1.165, 1.54) is 0 Å². The minimum Gasteiger partial charge on any atom is -0.493 e. The van der Waals surface area contributed by atoms with Crippen LogP contribution in [0.4, 0.5) is 0 Å². The van der Waals surface area contributed by atoms with E-state index in [0.717, 1.165) is 10.7 Å². The molecular weight excluding hydrogens is 274 g/mol. The number of fused-ring (bicyclic) bond motifs is 1. The summed E-state index contributed by atoms with van der Waals surface area (Å²) in [6, 6.07) is 7.52. The summed E-state index contributed by atoms with van der Waals surface area (Å²) < 4.78 is 13.2. The van der Waals surface area contributed by atoms with Gasteiger partial charge in [-0.1, -0.05) is 12.1 Å². The highest BCUT2D eigenvalue weighted by Crippen LogP contribution is 2.33. The Morgan fingerprint density at radius 2 is 2.10 bits per heavy atom. The summed E-state index contributed by atoms with van der Waals surface area (Å²) in [7, 11) is 1.62. The second-order valence-corrected chi connectivity index (χ2v) is 5.08. The van der Waals surface area contributed by atoms with Crippen LogP contribution in [-0.4, -0.2) is 23.0 Å². The van der Waals surface area contributed by atoms with Gasteiger partial charge in [-0.3, -0.25) is 4.40 Å². The Labute approximate surface area is 120 Å². The zero-order valence-corrected chi connectivity index (χ0v) is 11.9. The first-order valence-electron chi connectivity index (χ1n) is 6.29. The molecule has 3 rings (SSSR count). The van der Waals surface area contributed by atoms with Crippen LogP contribution in [0.1, 0.15) is 5.69 Å². The average Bonchev–Trinajstić information content (AvgIpc) is 3.03. The number of nitrogens with two attached hydrogens (primary N) is 1. The maximum absolute atomic E-state index is 5.92. The molecule has 3 aromatic rings. The molecule has 0 fully saturated rings. The summed E-state index contributed by atoms with van der Waals surface area (Å²) in [5, 5.41) is 2.00. The first kappa shape index (κ1) is 13.0. The maximum atomic E-state index is 5.92. The van der Waals surface area contributed by atoms with Crippen molar-refractivity contribution in [1.29, 1.82) is 0 Å². The van der Waals surface area contributed by atoms with Gasteiger partial charge in [-0.05, 0) is 18.7 Å². The normalized spacial score (nSPS) is 10.9. The van der Waals surface area contributed by atoms with Crippen molar-refractivity contribution in [1.82, 2.24) is 9.38 Å². The number of benzene rings is 1. The fourth-order valence-corrected chi connectivity index (χ4v) is 2.79. The fraction of sp³-hybridized carbons (Fsp3) is 0.214. The maximum Gasteiger partial charge on any atom is 0.242 e. The van der Waals surface area contributed by atoms with E-state index in [2.05, 4.69) is 4.98 Å². The van der Waals surface area contributed by atoms with Crippen LogP contribution in [-0.2, 0) is 6.42 Å². The number of hydrogen-bond donors (Lipinski definition) is 1. The molecule has 0 bridgehead atoms. The topological polar surface area (TPSA) is 61.8 Å². The Kier molecular flexibility index (Phi) is 3.58. The molecule has 6 heteroatoms. The van der Waals surface area contributed by atoms with Crippen LogP contribution in [0.25, 0.3) is 4.96 Å². The Morgan fingerprint density at radius 3 is 2.85 bits per heavy atom. The van der Waals surface area contributed by atoms with Crippen molar-refractivity contribution in [3.05, 3.63) is 41.5 Å². The van der Waals surface area contributed by atoms with Gasteiger partial charge in [0.25, 0.3) is 0 Å². The molecule has 0 unspecified atom stereocenters. The van der Waals surface area contributed by atoms with Crippen LogP contribution in [0.2, 0.25) is 0 Å². The highest BCUT2D eigenvalue weighted by Gasteiger charge is 2.16. The van der Waals surface area contributed by atoms with Crippen LogP contribution in [0, 0.1) is 0 Å². The molecule has 0 aliphatic heterocycles. The lowest BCUT2D eigenvalue weighted by Gasteiger charge is -2.09. The van der Waals surface area contributed by atoms with Crippen LogP contribution in [0.5, 0.6) is 17.4 Å². The van der Waals surface area contributed by atoms with E-state index in [-0.39, 0.29) is 0 Å². The molecule has 20 heavy (non-hydrogen) atoms. The van der Waals surface area contributed by atoms with Crippen molar-refractivity contribution in [3.63, 3.8) is 0 Å². The fourth-order valence-electron chi connectivity index (χ4n) is 2.07. The monoisotopic (exact) mass is 289 g/mol. The minimum atomic E-state index is 0.548. The molecule has 2 N–H and O–H groups in total. The van der Waals surface area contributed by atoms with Crippen LogP contribution in [0.15, 0.2) is 35.8 Å². The summed E-state index contributed by atoms with van der Waals surface area (Å²) in [4.78, 5) is 5.41. The number of hydrogen-bond acceptors (Lipinski definition) is 5. The quantitative estimate of drug-likeness (QED) is 0.784. The Balaban J connectivity index is 2.01. The van der Waals surface area contributed by atoms with E-state index in [1.54, 1.807) is 18.4 Å². The van der Waals surface area contributed by atoms with Crippen molar-refractivity contribution in [2.45, 2.75) is 6.42 Å². The van der Waals surface area contributed by atoms with Crippen molar-refractivity contribution in [3.8, 4) is 17.4 Å². The molecule has 1 aromatic carbocycles. The molecule has 104 valence electrons. The van der Waals surface area contributed by atoms with Crippen LogP contribution in [0.3, 0.4) is 0 Å². The van der Waals surface area contributed by atoms with Gasteiger partial charge in [0.05, 0.1) is 12.8 Å². The Bertz CT molecular complexity index is 720. The van der Waals surface area contributed by atoms with E-state index in [9.17, 15) is 0 Å². The van der Waals surface area contributed by atoms with E-state index in [4.69, 9.17) is 15.2 Å². The van der Waals surface area contributed by atoms with Gasteiger partial charge in [-0.25, -0.2) is 0 Å². The van der Waals surface area contributed by atoms with Gasteiger partial charge in [-0.15, -0.1) is 11.3 Å². The highest BCUT2D eigenvalue weighted by molar-refractivity contribution is 7.15. The van der Waals surface area contributed by atoms with E-state index < -0.39 is 0 Å². The number of ether oxygens (including phenoxy) is 2.